The third-order valence-corrected chi connectivity index (χ3v) is 4.69. The van der Waals surface area contributed by atoms with Crippen molar-refractivity contribution in [2.75, 3.05) is 6.61 Å². The molecule has 140 valence electrons. The molecule has 0 saturated carbocycles. The first-order chi connectivity index (χ1) is 11.2. The number of ketones is 1. The number of rotatable bonds is 1. The summed E-state index contributed by atoms with van der Waals surface area (Å²) in [7, 11) is 0. The second-order valence-corrected chi connectivity index (χ2v) is 7.94. The minimum atomic E-state index is -4.63. The van der Waals surface area contributed by atoms with Crippen molar-refractivity contribution < 1.29 is 32.2 Å². The van der Waals surface area contributed by atoms with Crippen molar-refractivity contribution >= 4 is 21.7 Å². The molecule has 2 aliphatic heterocycles. The monoisotopic (exact) mass is 424 g/mol. The molecule has 2 saturated heterocycles. The first-order valence-electron chi connectivity index (χ1n) is 7.61. The summed E-state index contributed by atoms with van der Waals surface area (Å²) in [6.45, 7) is 9.48. The molecule has 0 radical (unpaired) electrons. The van der Waals surface area contributed by atoms with Crippen LogP contribution >= 0.6 is 15.9 Å². The van der Waals surface area contributed by atoms with Gasteiger partial charge < -0.3 is 14.2 Å². The second kappa shape index (κ2) is 6.25. The highest BCUT2D eigenvalue weighted by Gasteiger charge is 2.72. The van der Waals surface area contributed by atoms with Crippen LogP contribution in [-0.2, 0) is 14.3 Å². The Morgan fingerprint density at radius 3 is 2.08 bits per heavy atom. The average molecular weight is 425 g/mol. The molecule has 0 aliphatic carbocycles. The van der Waals surface area contributed by atoms with Crippen LogP contribution in [0.2, 0.25) is 0 Å². The Morgan fingerprint density at radius 2 is 1.76 bits per heavy atom. The Hall–Kier alpha value is -1.12. The second-order valence-electron chi connectivity index (χ2n) is 7.03. The number of carbonyl (C=O) groups excluding carboxylic acids is 1. The van der Waals surface area contributed by atoms with Crippen LogP contribution in [0, 0.1) is 6.92 Å². The van der Waals surface area contributed by atoms with Crippen LogP contribution in [0.5, 0.6) is 5.75 Å². The number of hydrogen-bond acceptors (Lipinski definition) is 4. The number of epoxide rings is 1. The highest BCUT2D eigenvalue weighted by Crippen LogP contribution is 2.51. The summed E-state index contributed by atoms with van der Waals surface area (Å²) >= 11 is 3.14. The molecule has 25 heavy (non-hydrogen) atoms. The van der Waals surface area contributed by atoms with E-state index in [1.165, 1.54) is 12.1 Å². The van der Waals surface area contributed by atoms with Crippen LogP contribution in [0.4, 0.5) is 13.2 Å². The smallest absolute Gasteiger partial charge is 0.406 e. The van der Waals surface area contributed by atoms with Crippen LogP contribution in [0.1, 0.15) is 33.3 Å². The van der Waals surface area contributed by atoms with Gasteiger partial charge in [0.05, 0.1) is 6.61 Å². The highest BCUT2D eigenvalue weighted by molar-refractivity contribution is 9.10. The van der Waals surface area contributed by atoms with Crippen molar-refractivity contribution in [2.24, 2.45) is 0 Å². The largest absolute Gasteiger partial charge is 0.573 e. The van der Waals surface area contributed by atoms with Crippen LogP contribution in [-0.4, -0.2) is 35.6 Å². The third-order valence-electron chi connectivity index (χ3n) is 4.19. The minimum Gasteiger partial charge on any atom is -0.406 e. The lowest BCUT2D eigenvalue weighted by atomic mass is 9.86. The molecule has 0 aromatic heterocycles. The van der Waals surface area contributed by atoms with Crippen molar-refractivity contribution in [3.8, 4) is 5.75 Å². The molecule has 1 aromatic carbocycles. The predicted octanol–water partition coefficient (Wildman–Crippen LogP) is 4.57. The first kappa shape index (κ1) is 20.2. The van der Waals surface area contributed by atoms with E-state index in [-0.39, 0.29) is 11.5 Å². The molecule has 1 aromatic rings. The zero-order chi connectivity index (χ0) is 19.3. The molecule has 0 N–H and O–H groups in total. The number of Topliss-reactive ketones (excluding diaryl/α,β-unsaturated/α-hetero) is 1. The van der Waals surface area contributed by atoms with Crippen molar-refractivity contribution in [3.05, 3.63) is 28.2 Å². The van der Waals surface area contributed by atoms with E-state index in [9.17, 15) is 18.0 Å². The van der Waals surface area contributed by atoms with Crippen LogP contribution in [0.15, 0.2) is 22.7 Å². The van der Waals surface area contributed by atoms with Gasteiger partial charge in [-0.1, -0.05) is 15.9 Å². The van der Waals surface area contributed by atoms with E-state index in [2.05, 4.69) is 20.7 Å². The number of hydrogen-bond donors (Lipinski definition) is 0. The number of benzene rings is 1. The Labute approximate surface area is 152 Å². The molecule has 1 unspecified atom stereocenters. The quantitative estimate of drug-likeness (QED) is 0.619. The van der Waals surface area contributed by atoms with Gasteiger partial charge in [0.15, 0.2) is 5.60 Å². The summed E-state index contributed by atoms with van der Waals surface area (Å²) in [6.07, 6.45) is -4.63. The minimum absolute atomic E-state index is 0.0833. The SMILES string of the molecule is CC1(C)OC(C)(C)C2(CO2)C1=O.Cc1cc(Br)ccc1OC(F)(F)F. The van der Waals surface area contributed by atoms with Crippen molar-refractivity contribution in [2.45, 2.75) is 57.8 Å². The van der Waals surface area contributed by atoms with Gasteiger partial charge in [-0.05, 0) is 58.4 Å². The zero-order valence-corrected chi connectivity index (χ0v) is 16.2. The first-order valence-corrected chi connectivity index (χ1v) is 8.40. The number of alkyl halides is 3. The van der Waals surface area contributed by atoms with E-state index < -0.39 is 23.2 Å². The fraction of sp³-hybridized carbons (Fsp3) is 0.588. The van der Waals surface area contributed by atoms with Crippen LogP contribution in [0.25, 0.3) is 0 Å². The van der Waals surface area contributed by atoms with E-state index in [4.69, 9.17) is 9.47 Å². The van der Waals surface area contributed by atoms with E-state index >= 15 is 0 Å². The Kier molecular flexibility index (Phi) is 5.04. The van der Waals surface area contributed by atoms with E-state index in [1.54, 1.807) is 26.8 Å². The van der Waals surface area contributed by atoms with Gasteiger partial charge in [-0.2, -0.15) is 0 Å². The number of aryl methyl sites for hydroxylation is 1. The molecule has 2 fully saturated rings. The molecular formula is C17H20BrF3O4. The van der Waals surface area contributed by atoms with Crippen molar-refractivity contribution in [1.82, 2.24) is 0 Å². The van der Waals surface area contributed by atoms with Gasteiger partial charge in [-0.3, -0.25) is 4.79 Å². The van der Waals surface area contributed by atoms with Gasteiger partial charge in [0.1, 0.15) is 17.0 Å². The normalized spacial score (nSPS) is 26.2. The maximum absolute atomic E-state index is 11.8. The predicted molar refractivity (Wildman–Crippen MR) is 88.5 cm³/mol. The van der Waals surface area contributed by atoms with Gasteiger partial charge in [0.2, 0.25) is 5.78 Å². The standard InChI is InChI=1S/C9H14O3.C8H6BrF3O/c1-7(2)6(10)9(5-11-9)8(3,4)12-7;1-5-4-6(9)2-3-7(5)13-8(10,11)12/h5H2,1-4H3;2-4H,1H3. The summed E-state index contributed by atoms with van der Waals surface area (Å²) in [4.78, 5) is 11.8. The Bertz CT molecular complexity index is 679. The summed E-state index contributed by atoms with van der Waals surface area (Å²) < 4.78 is 50.7. The topological polar surface area (TPSA) is 48.1 Å². The zero-order valence-electron chi connectivity index (χ0n) is 14.6. The van der Waals surface area contributed by atoms with E-state index in [0.29, 0.717) is 12.2 Å². The molecule has 1 atom stereocenters. The lowest BCUT2D eigenvalue weighted by molar-refractivity contribution is -0.274. The summed E-state index contributed by atoms with van der Waals surface area (Å²) in [5.74, 6) is -0.0873. The molecule has 4 nitrogen and oxygen atoms in total. The van der Waals surface area contributed by atoms with Crippen molar-refractivity contribution in [1.29, 1.82) is 0 Å². The average Bonchev–Trinajstić information content (AvgIpc) is 3.19. The summed E-state index contributed by atoms with van der Waals surface area (Å²) in [5.41, 5.74) is -1.34. The lowest BCUT2D eigenvalue weighted by Gasteiger charge is -2.23. The van der Waals surface area contributed by atoms with Gasteiger partial charge in [0.25, 0.3) is 0 Å². The van der Waals surface area contributed by atoms with E-state index in [1.807, 2.05) is 13.8 Å². The molecule has 2 heterocycles. The summed E-state index contributed by atoms with van der Waals surface area (Å²) in [6, 6.07) is 4.32. The Morgan fingerprint density at radius 1 is 1.20 bits per heavy atom. The molecule has 3 rings (SSSR count). The maximum atomic E-state index is 11.8. The summed E-state index contributed by atoms with van der Waals surface area (Å²) in [5, 5.41) is 0. The maximum Gasteiger partial charge on any atom is 0.573 e. The number of carbonyl (C=O) groups is 1. The lowest BCUT2D eigenvalue weighted by Crippen LogP contribution is -2.40. The highest BCUT2D eigenvalue weighted by atomic mass is 79.9. The molecule has 0 bridgehead atoms. The number of halogens is 4. The fourth-order valence-electron chi connectivity index (χ4n) is 2.93. The van der Waals surface area contributed by atoms with Gasteiger partial charge in [-0.25, -0.2) is 0 Å². The van der Waals surface area contributed by atoms with Crippen LogP contribution < -0.4 is 4.74 Å². The molecule has 0 amide bonds. The van der Waals surface area contributed by atoms with E-state index in [0.717, 1.165) is 4.47 Å². The Balaban J connectivity index is 0.000000181. The third kappa shape index (κ3) is 4.17. The molecule has 1 spiro atoms. The van der Waals surface area contributed by atoms with Gasteiger partial charge >= 0.3 is 6.36 Å². The van der Waals surface area contributed by atoms with Crippen LogP contribution in [0.3, 0.4) is 0 Å². The van der Waals surface area contributed by atoms with Crippen molar-refractivity contribution in [3.63, 3.8) is 0 Å². The van der Waals surface area contributed by atoms with Gasteiger partial charge in [-0.15, -0.1) is 13.2 Å². The molecule has 8 heteroatoms. The van der Waals surface area contributed by atoms with Gasteiger partial charge in [0, 0.05) is 4.47 Å². The fourth-order valence-corrected chi connectivity index (χ4v) is 3.40. The molecule has 2 aliphatic rings. The molecular weight excluding hydrogens is 405 g/mol. The number of ether oxygens (including phenoxy) is 3.